The second-order valence-corrected chi connectivity index (χ2v) is 13.3. The smallest absolute Gasteiger partial charge is 0.187 e. The Morgan fingerprint density at radius 2 is 0.793 bits per heavy atom. The number of nitrogens with zero attached hydrogens (tertiary/aromatic N) is 3. The van der Waals surface area contributed by atoms with Gasteiger partial charge >= 0.3 is 0 Å². The zero-order valence-corrected chi connectivity index (χ0v) is 30.3. The molecule has 0 saturated carbocycles. The van der Waals surface area contributed by atoms with Gasteiger partial charge in [-0.25, -0.2) is 0 Å². The van der Waals surface area contributed by atoms with E-state index in [2.05, 4.69) is 0 Å². The van der Waals surface area contributed by atoms with Crippen LogP contribution in [0.2, 0.25) is 0 Å². The average Bonchev–Trinajstić information content (AvgIpc) is 3.21. The van der Waals surface area contributed by atoms with E-state index in [-0.39, 0.29) is 11.1 Å². The molecule has 0 radical (unpaired) electrons. The van der Waals surface area contributed by atoms with Crippen molar-refractivity contribution in [1.29, 1.82) is 15.8 Å². The predicted molar refractivity (Wildman–Crippen MR) is 188 cm³/mol. The van der Waals surface area contributed by atoms with Crippen molar-refractivity contribution in [2.45, 2.75) is 116 Å². The van der Waals surface area contributed by atoms with Gasteiger partial charge < -0.3 is 95.5 Å². The first-order chi connectivity index (χ1) is 27.5. The highest BCUT2D eigenvalue weighted by Crippen LogP contribution is 2.30. The summed E-state index contributed by atoms with van der Waals surface area (Å²) in [5.41, 5.74) is 0.792. The summed E-state index contributed by atoms with van der Waals surface area (Å²) in [6.07, 6.45) is -14.7. The van der Waals surface area contributed by atoms with Crippen molar-refractivity contribution in [3.05, 3.63) is 71.4 Å². The van der Waals surface area contributed by atoms with Gasteiger partial charge in [0, 0.05) is 18.2 Å². The maximum atomic E-state index is 10.0. The molecule has 0 aromatic rings. The Kier molecular flexibility index (Phi) is 18.8. The molecule has 0 aromatic carbocycles. The van der Waals surface area contributed by atoms with Crippen LogP contribution in [-0.4, -0.2) is 206 Å². The van der Waals surface area contributed by atoms with Crippen LogP contribution in [0.25, 0.3) is 0 Å². The lowest BCUT2D eigenvalue weighted by Gasteiger charge is -2.42. The summed E-state index contributed by atoms with van der Waals surface area (Å²) in [6.45, 7) is -1.25. The summed E-state index contributed by atoms with van der Waals surface area (Å²) < 4.78 is 21.2. The minimum absolute atomic E-state index is 0.238. The SMILES string of the molecule is N#C/C=C1/C=C[C@@H](O)[C@H](O)[C@H]1O[C@@H]1O[C@H](CO)[C@@H](O)[C@H](O)[C@H]1O.N#C/C=C1\C=C[C@@H](O)[C@H](O)[C@H]1O.N#C/C=C1\C=C[C@@H](O)[C@H](O)[C@H]1O[C@@H]1O[C@H](CO)[C@@H](O)[C@H](O)[C@H]1O. The minimum atomic E-state index is -1.65. The lowest BCUT2D eigenvalue weighted by molar-refractivity contribution is -0.314. The van der Waals surface area contributed by atoms with E-state index in [9.17, 15) is 56.2 Å². The van der Waals surface area contributed by atoms with E-state index in [0.717, 1.165) is 18.2 Å². The van der Waals surface area contributed by atoms with Crippen LogP contribution in [0.1, 0.15) is 0 Å². The van der Waals surface area contributed by atoms with Gasteiger partial charge in [-0.05, 0) is 16.7 Å². The number of nitriles is 3. The molecule has 0 aromatic heterocycles. The molecule has 15 N–H and O–H groups in total. The molecule has 3 aliphatic carbocycles. The van der Waals surface area contributed by atoms with Crippen molar-refractivity contribution in [3.63, 3.8) is 0 Å². The molecule has 5 rings (SSSR count). The van der Waals surface area contributed by atoms with Gasteiger partial charge in [-0.2, -0.15) is 15.8 Å². The van der Waals surface area contributed by atoms with E-state index >= 15 is 0 Å². The zero-order chi connectivity index (χ0) is 43.4. The van der Waals surface area contributed by atoms with Gasteiger partial charge in [0.25, 0.3) is 0 Å². The third kappa shape index (κ3) is 11.7. The fraction of sp³-hybridized carbons (Fsp3) is 0.583. The normalized spacial score (nSPS) is 44.3. The molecule has 2 aliphatic heterocycles. The van der Waals surface area contributed by atoms with Gasteiger partial charge in [0.05, 0.1) is 31.4 Å². The first-order valence-electron chi connectivity index (χ1n) is 17.5. The van der Waals surface area contributed by atoms with Crippen molar-refractivity contribution < 1.29 is 95.5 Å². The number of allylic oxidation sites excluding steroid dienone is 3. The number of hydrogen-bond acceptors (Lipinski definition) is 22. The fourth-order valence-electron chi connectivity index (χ4n) is 5.98. The summed E-state index contributed by atoms with van der Waals surface area (Å²) in [6, 6.07) is 5.27. The second kappa shape index (κ2) is 22.5. The maximum Gasteiger partial charge on any atom is 0.187 e. The van der Waals surface area contributed by atoms with Crippen LogP contribution >= 0.6 is 0 Å². The molecule has 5 aliphatic rings. The van der Waals surface area contributed by atoms with Crippen molar-refractivity contribution in [2.24, 2.45) is 0 Å². The molecule has 320 valence electrons. The van der Waals surface area contributed by atoms with Gasteiger partial charge in [-0.3, -0.25) is 0 Å². The van der Waals surface area contributed by atoms with Gasteiger partial charge in [-0.1, -0.05) is 36.5 Å². The molecule has 0 unspecified atom stereocenters. The number of rotatable bonds is 6. The number of aliphatic hydroxyl groups is 15. The van der Waals surface area contributed by atoms with Crippen molar-refractivity contribution in [1.82, 2.24) is 0 Å². The van der Waals surface area contributed by atoms with E-state index in [1.165, 1.54) is 36.5 Å². The fourth-order valence-corrected chi connectivity index (χ4v) is 5.98. The van der Waals surface area contributed by atoms with E-state index < -0.39 is 130 Å². The third-order valence-electron chi connectivity index (χ3n) is 9.40. The molecule has 22 nitrogen and oxygen atoms in total. The zero-order valence-electron chi connectivity index (χ0n) is 30.3. The topological polar surface area (TPSA) is 412 Å². The highest BCUT2D eigenvalue weighted by Gasteiger charge is 2.48. The highest BCUT2D eigenvalue weighted by molar-refractivity contribution is 5.36. The largest absolute Gasteiger partial charge is 0.394 e. The monoisotopic (exact) mass is 825 g/mol. The number of hydrogen-bond donors (Lipinski definition) is 15. The quantitative estimate of drug-likeness (QED) is 0.111. The van der Waals surface area contributed by atoms with Crippen LogP contribution in [0.3, 0.4) is 0 Å². The molecule has 58 heavy (non-hydrogen) atoms. The molecular formula is C36H47N3O19. The second-order valence-electron chi connectivity index (χ2n) is 13.3. The lowest BCUT2D eigenvalue weighted by atomic mass is 9.93. The summed E-state index contributed by atoms with van der Waals surface area (Å²) >= 11 is 0. The molecule has 22 heteroatoms. The number of aliphatic hydroxyl groups excluding tert-OH is 15. The van der Waals surface area contributed by atoms with Crippen LogP contribution in [0.5, 0.6) is 0 Å². The minimum Gasteiger partial charge on any atom is -0.394 e. The van der Waals surface area contributed by atoms with Crippen LogP contribution in [0.15, 0.2) is 71.4 Å². The van der Waals surface area contributed by atoms with E-state index in [1.807, 2.05) is 0 Å². The summed E-state index contributed by atoms with van der Waals surface area (Å²) in [7, 11) is 0. The molecule has 0 bridgehead atoms. The van der Waals surface area contributed by atoms with Crippen LogP contribution < -0.4 is 0 Å². The summed E-state index contributed by atoms with van der Waals surface area (Å²) in [4.78, 5) is 0. The first kappa shape index (κ1) is 48.5. The Hall–Kier alpha value is -3.85. The molecule has 0 amide bonds. The lowest BCUT2D eigenvalue weighted by Crippen LogP contribution is -2.60. The number of ether oxygens (including phenoxy) is 4. The maximum absolute atomic E-state index is 10.0. The van der Waals surface area contributed by atoms with Gasteiger partial charge in [0.2, 0.25) is 0 Å². The molecule has 19 atom stereocenters. The Morgan fingerprint density at radius 3 is 1.14 bits per heavy atom. The van der Waals surface area contributed by atoms with Gasteiger partial charge in [0.15, 0.2) is 12.6 Å². The van der Waals surface area contributed by atoms with Crippen LogP contribution in [0, 0.1) is 34.0 Å². The average molecular weight is 826 g/mol. The van der Waals surface area contributed by atoms with Gasteiger partial charge in [-0.15, -0.1) is 0 Å². The Morgan fingerprint density at radius 1 is 0.466 bits per heavy atom. The van der Waals surface area contributed by atoms with E-state index in [4.69, 9.17) is 55.2 Å². The molecule has 2 fully saturated rings. The predicted octanol–water partition coefficient (Wildman–Crippen LogP) is -7.08. The van der Waals surface area contributed by atoms with Crippen LogP contribution in [0.4, 0.5) is 0 Å². The van der Waals surface area contributed by atoms with Crippen molar-refractivity contribution >= 4 is 0 Å². The molecule has 2 heterocycles. The molecule has 2 saturated heterocycles. The van der Waals surface area contributed by atoms with Crippen molar-refractivity contribution in [3.8, 4) is 18.2 Å². The first-order valence-corrected chi connectivity index (χ1v) is 17.5. The Bertz CT molecular complexity index is 1570. The summed E-state index contributed by atoms with van der Waals surface area (Å²) in [5, 5.41) is 170. The van der Waals surface area contributed by atoms with E-state index in [0.29, 0.717) is 5.57 Å². The summed E-state index contributed by atoms with van der Waals surface area (Å²) in [5.74, 6) is 0. The van der Waals surface area contributed by atoms with E-state index in [1.54, 1.807) is 18.2 Å². The van der Waals surface area contributed by atoms with Gasteiger partial charge in [0.1, 0.15) is 104 Å². The molecular weight excluding hydrogens is 778 g/mol. The van der Waals surface area contributed by atoms with Crippen LogP contribution in [-0.2, 0) is 18.9 Å². The van der Waals surface area contributed by atoms with Crippen molar-refractivity contribution in [2.75, 3.05) is 13.2 Å². The third-order valence-corrected chi connectivity index (χ3v) is 9.40. The standard InChI is InChI=1S/2C14H19NO8.C8H9NO3/c2*15-4-3-6-1-2-7(17)9(18)13(6)23-14-12(21)11(20)10(19)8(5-16)22-14;9-4-3-5-1-2-6(10)8(12)7(5)11/h2*1-3,7-14,16-21H,5H2;1-3,6-8,10-12H/b6-3+;6-3-;5-3+/t2*7-,8-,9+,10-,11+,12-,13+,14+;6-,7+,8+/m111/s1. The highest BCUT2D eigenvalue weighted by atomic mass is 16.7. The molecule has 0 spiro atoms. The Balaban J connectivity index is 0.000000245. The Labute approximate surface area is 330 Å².